The molecule has 0 aromatic heterocycles. The maximum atomic E-state index is 10.3. The van der Waals surface area contributed by atoms with Gasteiger partial charge in [-0.05, 0) is 37.9 Å². The molecule has 0 heterocycles. The van der Waals surface area contributed by atoms with Gasteiger partial charge in [0, 0.05) is 0 Å². The molecule has 4 rings (SSSR count). The molecule has 2 nitrogen and oxygen atoms in total. The molecule has 0 aliphatic heterocycles. The van der Waals surface area contributed by atoms with Gasteiger partial charge in [0.15, 0.2) is 0 Å². The molecule has 0 aliphatic rings. The zero-order valence-corrected chi connectivity index (χ0v) is 10.7. The Morgan fingerprint density at radius 3 is 2.20 bits per heavy atom. The van der Waals surface area contributed by atoms with Gasteiger partial charge in [0.25, 0.3) is 0 Å². The van der Waals surface area contributed by atoms with Crippen LogP contribution in [0.2, 0.25) is 0 Å². The maximum absolute atomic E-state index is 10.3. The summed E-state index contributed by atoms with van der Waals surface area (Å²) < 4.78 is 4.80. The molecular formula is C18H11O2. The highest BCUT2D eigenvalue weighted by atomic mass is 16.5. The van der Waals surface area contributed by atoms with Gasteiger partial charge in [-0.2, -0.15) is 0 Å². The molecule has 0 saturated carbocycles. The van der Waals surface area contributed by atoms with E-state index < -0.39 is 0 Å². The largest absolute Gasteiger partial charge is 0.452 e. The van der Waals surface area contributed by atoms with E-state index in [-0.39, 0.29) is 6.61 Å². The summed E-state index contributed by atoms with van der Waals surface area (Å²) in [4.78, 5) is 10.3. The van der Waals surface area contributed by atoms with Crippen LogP contribution in [0.1, 0.15) is 5.56 Å². The van der Waals surface area contributed by atoms with Crippen molar-refractivity contribution in [1.29, 1.82) is 0 Å². The van der Waals surface area contributed by atoms with Crippen LogP contribution in [0.25, 0.3) is 32.3 Å². The molecule has 2 heteroatoms. The van der Waals surface area contributed by atoms with Crippen molar-refractivity contribution in [2.75, 3.05) is 0 Å². The number of carbonyl (C=O) groups excluding carboxylic acids is 1. The van der Waals surface area contributed by atoms with Crippen LogP contribution in [0.15, 0.2) is 54.6 Å². The first-order valence-electron chi connectivity index (χ1n) is 6.53. The lowest BCUT2D eigenvalue weighted by Crippen LogP contribution is -1.93. The highest BCUT2D eigenvalue weighted by Gasteiger charge is 2.10. The van der Waals surface area contributed by atoms with Crippen molar-refractivity contribution >= 4 is 38.8 Å². The Balaban J connectivity index is 2.17. The zero-order chi connectivity index (χ0) is 13.5. The normalized spacial score (nSPS) is 11.4. The molecule has 0 unspecified atom stereocenters. The highest BCUT2D eigenvalue weighted by molar-refractivity contribution is 6.23. The third kappa shape index (κ3) is 1.48. The van der Waals surface area contributed by atoms with Gasteiger partial charge in [-0.15, -0.1) is 0 Å². The van der Waals surface area contributed by atoms with Gasteiger partial charge in [-0.25, -0.2) is 4.79 Å². The van der Waals surface area contributed by atoms with Gasteiger partial charge in [-0.3, -0.25) is 0 Å². The number of rotatable bonds is 3. The minimum atomic E-state index is 0.262. The van der Waals surface area contributed by atoms with E-state index in [2.05, 4.69) is 48.5 Å². The molecule has 0 atom stereocenters. The van der Waals surface area contributed by atoms with E-state index in [1.54, 1.807) is 0 Å². The fourth-order valence-corrected chi connectivity index (χ4v) is 3.03. The minimum absolute atomic E-state index is 0.262. The van der Waals surface area contributed by atoms with Gasteiger partial charge >= 0.3 is 6.47 Å². The van der Waals surface area contributed by atoms with Crippen LogP contribution in [0.4, 0.5) is 0 Å². The summed E-state index contributed by atoms with van der Waals surface area (Å²) in [5, 5.41) is 7.35. The van der Waals surface area contributed by atoms with Gasteiger partial charge in [0.1, 0.15) is 6.61 Å². The van der Waals surface area contributed by atoms with Crippen LogP contribution >= 0.6 is 0 Å². The summed E-state index contributed by atoms with van der Waals surface area (Å²) in [5.41, 5.74) is 1.01. The third-order valence-corrected chi connectivity index (χ3v) is 3.91. The van der Waals surface area contributed by atoms with Gasteiger partial charge in [0.05, 0.1) is 0 Å². The molecule has 0 fully saturated rings. The zero-order valence-electron chi connectivity index (χ0n) is 10.7. The second kappa shape index (κ2) is 4.20. The first-order valence-corrected chi connectivity index (χ1v) is 6.53. The van der Waals surface area contributed by atoms with Crippen molar-refractivity contribution < 1.29 is 9.53 Å². The van der Waals surface area contributed by atoms with E-state index in [0.29, 0.717) is 0 Å². The smallest absolute Gasteiger partial charge is 0.417 e. The average molecular weight is 259 g/mol. The average Bonchev–Trinajstić information content (AvgIpc) is 2.51. The van der Waals surface area contributed by atoms with Crippen LogP contribution in [0.3, 0.4) is 0 Å². The second-order valence-electron chi connectivity index (χ2n) is 4.95. The lowest BCUT2D eigenvalue weighted by Gasteiger charge is -2.13. The monoisotopic (exact) mass is 259 g/mol. The molecular weight excluding hydrogens is 248 g/mol. The van der Waals surface area contributed by atoms with Gasteiger partial charge in [-0.1, -0.05) is 54.6 Å². The summed E-state index contributed by atoms with van der Waals surface area (Å²) in [6, 6.07) is 18.9. The number of benzene rings is 4. The summed E-state index contributed by atoms with van der Waals surface area (Å²) >= 11 is 0. The van der Waals surface area contributed by atoms with Crippen molar-refractivity contribution in [3.05, 3.63) is 60.2 Å². The molecule has 0 saturated heterocycles. The van der Waals surface area contributed by atoms with Crippen molar-refractivity contribution in [2.24, 2.45) is 0 Å². The summed E-state index contributed by atoms with van der Waals surface area (Å²) in [5.74, 6) is 0. The highest BCUT2D eigenvalue weighted by Crippen LogP contribution is 2.35. The topological polar surface area (TPSA) is 26.3 Å². The lowest BCUT2D eigenvalue weighted by molar-refractivity contribution is 0.268. The standard InChI is InChI=1S/C18H11O2/c19-11-20-10-15-7-6-14-5-4-12-2-1-3-13-8-9-16(15)18(14)17(12)13/h1-9H,10H2. The first kappa shape index (κ1) is 11.2. The second-order valence-corrected chi connectivity index (χ2v) is 4.95. The Bertz CT molecular complexity index is 909. The number of hydrogen-bond acceptors (Lipinski definition) is 2. The number of ether oxygens (including phenoxy) is 1. The molecule has 1 radical (unpaired) electrons. The number of hydrogen-bond donors (Lipinski definition) is 0. The van der Waals surface area contributed by atoms with Crippen molar-refractivity contribution in [3.63, 3.8) is 0 Å². The predicted molar refractivity (Wildman–Crippen MR) is 80.6 cm³/mol. The Morgan fingerprint density at radius 2 is 1.45 bits per heavy atom. The first-order chi connectivity index (χ1) is 9.88. The Kier molecular flexibility index (Phi) is 2.36. The van der Waals surface area contributed by atoms with Crippen LogP contribution in [-0.4, -0.2) is 6.47 Å². The van der Waals surface area contributed by atoms with E-state index in [1.807, 2.05) is 6.07 Å². The summed E-state index contributed by atoms with van der Waals surface area (Å²) in [6.45, 7) is 1.76. The molecule has 0 aliphatic carbocycles. The van der Waals surface area contributed by atoms with E-state index in [9.17, 15) is 4.79 Å². The van der Waals surface area contributed by atoms with Crippen molar-refractivity contribution in [2.45, 2.75) is 6.61 Å². The van der Waals surface area contributed by atoms with Crippen LogP contribution in [0, 0.1) is 0 Å². The minimum Gasteiger partial charge on any atom is -0.452 e. The van der Waals surface area contributed by atoms with E-state index in [0.717, 1.165) is 10.9 Å². The molecule has 0 amide bonds. The Labute approximate surface area is 115 Å². The van der Waals surface area contributed by atoms with Crippen LogP contribution < -0.4 is 0 Å². The molecule has 20 heavy (non-hydrogen) atoms. The van der Waals surface area contributed by atoms with Crippen molar-refractivity contribution in [3.8, 4) is 0 Å². The molecule has 0 N–H and O–H groups in total. The fourth-order valence-electron chi connectivity index (χ4n) is 3.03. The SMILES string of the molecule is O=[C]OCc1ccc2ccc3cccc4ccc1c2c34. The van der Waals surface area contributed by atoms with E-state index in [1.165, 1.54) is 33.4 Å². The summed E-state index contributed by atoms with van der Waals surface area (Å²) in [7, 11) is 0. The Hall–Kier alpha value is -2.61. The molecule has 95 valence electrons. The van der Waals surface area contributed by atoms with Crippen LogP contribution in [-0.2, 0) is 16.1 Å². The molecule has 0 spiro atoms. The van der Waals surface area contributed by atoms with E-state index in [4.69, 9.17) is 4.74 Å². The lowest BCUT2D eigenvalue weighted by atomic mass is 9.92. The van der Waals surface area contributed by atoms with Gasteiger partial charge < -0.3 is 4.74 Å². The summed E-state index contributed by atoms with van der Waals surface area (Å²) in [6.07, 6.45) is 0. The molecule has 0 bridgehead atoms. The van der Waals surface area contributed by atoms with Gasteiger partial charge in [0.2, 0.25) is 0 Å². The molecule has 4 aromatic rings. The quantitative estimate of drug-likeness (QED) is 0.516. The third-order valence-electron chi connectivity index (χ3n) is 3.91. The Morgan fingerprint density at radius 1 is 0.800 bits per heavy atom. The predicted octanol–water partition coefficient (Wildman–Crippen LogP) is 4.17. The van der Waals surface area contributed by atoms with Crippen LogP contribution in [0.5, 0.6) is 0 Å². The molecule has 4 aromatic carbocycles. The fraction of sp³-hybridized carbons (Fsp3) is 0.0556. The van der Waals surface area contributed by atoms with Crippen molar-refractivity contribution in [1.82, 2.24) is 0 Å². The van der Waals surface area contributed by atoms with E-state index >= 15 is 0 Å². The maximum Gasteiger partial charge on any atom is 0.417 e.